The van der Waals surface area contributed by atoms with Gasteiger partial charge in [-0.25, -0.2) is 4.98 Å². The number of nitrogens with zero attached hydrogens (tertiary/aromatic N) is 3. The average Bonchev–Trinajstić information content (AvgIpc) is 2.74. The summed E-state index contributed by atoms with van der Waals surface area (Å²) in [6.45, 7) is 2.47. The Morgan fingerprint density at radius 2 is 1.88 bits per heavy atom. The fourth-order valence-electron chi connectivity index (χ4n) is 2.84. The van der Waals surface area contributed by atoms with Crippen molar-refractivity contribution in [3.8, 4) is 11.6 Å². The lowest BCUT2D eigenvalue weighted by Crippen LogP contribution is -2.21. The molecule has 0 spiro atoms. The Morgan fingerprint density at radius 1 is 1.15 bits per heavy atom. The Bertz CT molecular complexity index is 1190. The second-order valence-electron chi connectivity index (χ2n) is 6.63. The predicted octanol–water partition coefficient (Wildman–Crippen LogP) is 3.93. The van der Waals surface area contributed by atoms with E-state index in [9.17, 15) is 26.9 Å². The van der Waals surface area contributed by atoms with Crippen molar-refractivity contribution in [1.29, 1.82) is 0 Å². The van der Waals surface area contributed by atoms with Gasteiger partial charge < -0.3 is 14.6 Å². The zero-order valence-corrected chi connectivity index (χ0v) is 18.3. The van der Waals surface area contributed by atoms with Crippen LogP contribution in [-0.4, -0.2) is 32.7 Å². The second kappa shape index (κ2) is 9.68. The molecule has 0 aliphatic rings. The van der Waals surface area contributed by atoms with Crippen molar-refractivity contribution >= 4 is 23.0 Å². The number of amides is 1. The molecule has 0 aliphatic heterocycles. The Kier molecular flexibility index (Phi) is 7.15. The zero-order chi connectivity index (χ0) is 24.3. The third-order valence-electron chi connectivity index (χ3n) is 4.38. The molecular formula is C20H17F4N5O3S. The zero-order valence-electron chi connectivity index (χ0n) is 17.5. The van der Waals surface area contributed by atoms with Gasteiger partial charge in [0, 0.05) is 18.8 Å². The van der Waals surface area contributed by atoms with E-state index in [4.69, 9.17) is 4.74 Å². The highest BCUT2D eigenvalue weighted by Crippen LogP contribution is 2.35. The normalized spacial score (nSPS) is 12.4. The summed E-state index contributed by atoms with van der Waals surface area (Å²) < 4.78 is 73.5. The van der Waals surface area contributed by atoms with Crippen molar-refractivity contribution < 1.29 is 31.6 Å². The van der Waals surface area contributed by atoms with E-state index >= 15 is 0 Å². The van der Waals surface area contributed by atoms with Crippen LogP contribution in [0.4, 0.5) is 23.2 Å². The highest BCUT2D eigenvalue weighted by molar-refractivity contribution is 7.89. The van der Waals surface area contributed by atoms with E-state index in [1.54, 1.807) is 6.07 Å². The number of aromatic nitrogens is 3. The number of aryl methyl sites for hydroxylation is 1. The molecule has 1 atom stereocenters. The van der Waals surface area contributed by atoms with E-state index in [0.717, 1.165) is 13.0 Å². The first kappa shape index (κ1) is 24.4. The van der Waals surface area contributed by atoms with Crippen molar-refractivity contribution in [3.05, 3.63) is 64.9 Å². The molecule has 174 valence electrons. The minimum atomic E-state index is -4.87. The van der Waals surface area contributed by atoms with Crippen molar-refractivity contribution in [2.24, 2.45) is 0 Å². The highest BCUT2D eigenvalue weighted by Gasteiger charge is 2.38. The molecule has 0 fully saturated rings. The lowest BCUT2D eigenvalue weighted by molar-refractivity contribution is -0.142. The number of halogens is 4. The maximum Gasteiger partial charge on any atom is 0.435 e. The lowest BCUT2D eigenvalue weighted by Gasteiger charge is -2.16. The van der Waals surface area contributed by atoms with Crippen LogP contribution in [0.25, 0.3) is 0 Å². The molecule has 13 heteroatoms. The minimum absolute atomic E-state index is 0.0228. The Balaban J connectivity index is 2.04. The van der Waals surface area contributed by atoms with E-state index in [0.29, 0.717) is 4.90 Å². The van der Waals surface area contributed by atoms with Crippen LogP contribution in [0.1, 0.15) is 27.3 Å². The monoisotopic (exact) mass is 483 g/mol. The van der Waals surface area contributed by atoms with Gasteiger partial charge in [-0.15, -0.1) is 14.9 Å². The first-order chi connectivity index (χ1) is 15.5. The van der Waals surface area contributed by atoms with Gasteiger partial charge in [-0.05, 0) is 43.7 Å². The summed E-state index contributed by atoms with van der Waals surface area (Å²) in [6, 6.07) is 8.11. The topological polar surface area (TPSA) is 112 Å². The number of hydrogen-bond donors (Lipinski definition) is 2. The second-order valence-corrected chi connectivity index (χ2v) is 8.04. The van der Waals surface area contributed by atoms with Gasteiger partial charge in [-0.1, -0.05) is 6.07 Å². The van der Waals surface area contributed by atoms with Gasteiger partial charge in [0.05, 0.1) is 17.1 Å². The summed E-state index contributed by atoms with van der Waals surface area (Å²) in [4.78, 5) is 16.9. The number of carbonyl (C=O) groups is 1. The summed E-state index contributed by atoms with van der Waals surface area (Å²) in [6.07, 6.45) is -4.87. The lowest BCUT2D eigenvalue weighted by atomic mass is 10.1. The number of rotatable bonds is 6. The van der Waals surface area contributed by atoms with Crippen molar-refractivity contribution in [2.45, 2.75) is 24.9 Å². The van der Waals surface area contributed by atoms with Gasteiger partial charge in [-0.2, -0.15) is 17.6 Å². The van der Waals surface area contributed by atoms with Gasteiger partial charge in [0.15, 0.2) is 16.3 Å². The molecule has 1 amide bonds. The number of carbonyl (C=O) groups excluding carboxylic acids is 1. The number of pyridine rings is 1. The van der Waals surface area contributed by atoms with Crippen LogP contribution in [0.2, 0.25) is 0 Å². The van der Waals surface area contributed by atoms with Crippen LogP contribution < -0.4 is 14.8 Å². The van der Waals surface area contributed by atoms with Crippen LogP contribution in [0.3, 0.4) is 0 Å². The number of alkyl halides is 3. The number of ether oxygens (including phenoxy) is 1. The molecule has 0 radical (unpaired) electrons. The fraction of sp³-hybridized carbons (Fsp3) is 0.200. The maximum atomic E-state index is 13.4. The number of benzene rings is 1. The first-order valence-electron chi connectivity index (χ1n) is 9.27. The molecule has 0 saturated carbocycles. The Hall–Kier alpha value is -3.29. The smallest absolute Gasteiger partial charge is 0.435 e. The Labute approximate surface area is 188 Å². The summed E-state index contributed by atoms with van der Waals surface area (Å²) in [5, 5.41) is 9.08. The molecule has 0 unspecified atom stereocenters. The van der Waals surface area contributed by atoms with Gasteiger partial charge in [0.1, 0.15) is 5.56 Å². The molecule has 2 N–H and O–H groups in total. The third-order valence-corrected chi connectivity index (χ3v) is 5.43. The van der Waals surface area contributed by atoms with E-state index in [1.807, 2.05) is 0 Å². The quantitative estimate of drug-likeness (QED) is 0.310. The molecule has 8 nitrogen and oxygen atoms in total. The summed E-state index contributed by atoms with van der Waals surface area (Å²) in [7, 11) is 1.47. The van der Waals surface area contributed by atoms with E-state index in [2.05, 4.69) is 25.2 Å². The predicted molar refractivity (Wildman–Crippen MR) is 111 cm³/mol. The van der Waals surface area contributed by atoms with E-state index in [1.165, 1.54) is 38.2 Å². The third kappa shape index (κ3) is 5.56. The molecule has 1 aromatic carbocycles. The SMILES string of the molecule is CN[S@+]([O-])c1cccc(NC(=O)c2c(Oc3ccc(F)nc3C)nnc(C(F)(F)F)c2C)c1. The molecule has 2 heterocycles. The van der Waals surface area contributed by atoms with Crippen LogP contribution in [0.5, 0.6) is 11.6 Å². The number of nitrogens with one attached hydrogen (secondary N) is 2. The molecular weight excluding hydrogens is 466 g/mol. The highest BCUT2D eigenvalue weighted by atomic mass is 32.2. The first-order valence-corrected chi connectivity index (χ1v) is 10.4. The number of hydrogen-bond acceptors (Lipinski definition) is 7. The summed E-state index contributed by atoms with van der Waals surface area (Å²) in [5.74, 6) is -2.30. The molecule has 3 rings (SSSR count). The van der Waals surface area contributed by atoms with Gasteiger partial charge in [-0.3, -0.25) is 4.79 Å². The molecule has 3 aromatic rings. The standard InChI is InChI=1S/C20H17F4N5O3S/c1-10-16(18(30)27-12-5-4-6-13(9-12)33(31)25-3)19(29-28-17(10)20(22,23)24)32-14-7-8-15(21)26-11(14)2/h4-9,25H,1-3H3,(H,27,30)/t33-/m1/s1. The summed E-state index contributed by atoms with van der Waals surface area (Å²) in [5.41, 5.74) is -2.15. The van der Waals surface area contributed by atoms with E-state index in [-0.39, 0.29) is 17.1 Å². The molecule has 33 heavy (non-hydrogen) atoms. The Morgan fingerprint density at radius 3 is 2.52 bits per heavy atom. The molecule has 0 bridgehead atoms. The molecule has 0 saturated heterocycles. The average molecular weight is 483 g/mol. The molecule has 2 aromatic heterocycles. The largest absolute Gasteiger partial charge is 0.593 e. The van der Waals surface area contributed by atoms with Crippen LogP contribution in [0.15, 0.2) is 41.3 Å². The van der Waals surface area contributed by atoms with Crippen LogP contribution >= 0.6 is 0 Å². The maximum absolute atomic E-state index is 13.4. The van der Waals surface area contributed by atoms with E-state index < -0.39 is 52.1 Å². The number of anilines is 1. The minimum Gasteiger partial charge on any atom is -0.593 e. The van der Waals surface area contributed by atoms with Gasteiger partial charge >= 0.3 is 6.18 Å². The van der Waals surface area contributed by atoms with Gasteiger partial charge in [0.2, 0.25) is 5.95 Å². The van der Waals surface area contributed by atoms with Gasteiger partial charge in [0.25, 0.3) is 11.8 Å². The van der Waals surface area contributed by atoms with Crippen LogP contribution in [0, 0.1) is 19.8 Å². The van der Waals surface area contributed by atoms with Crippen LogP contribution in [-0.2, 0) is 17.5 Å². The fourth-order valence-corrected chi connectivity index (χ4v) is 3.51. The molecule has 0 aliphatic carbocycles. The van der Waals surface area contributed by atoms with Crippen molar-refractivity contribution in [3.63, 3.8) is 0 Å². The van der Waals surface area contributed by atoms with Crippen molar-refractivity contribution in [1.82, 2.24) is 19.9 Å². The van der Waals surface area contributed by atoms with Crippen molar-refractivity contribution in [2.75, 3.05) is 12.4 Å². The summed E-state index contributed by atoms with van der Waals surface area (Å²) >= 11 is -1.55.